The average Bonchev–Trinajstić information content (AvgIpc) is 2.59. The Balaban J connectivity index is 2.06. The number of halogens is 1. The minimum Gasteiger partial charge on any atom is -0.496 e. The van der Waals surface area contributed by atoms with E-state index in [1.807, 2.05) is 43.3 Å². The number of anilines is 1. The van der Waals surface area contributed by atoms with Crippen LogP contribution in [-0.4, -0.2) is 32.9 Å². The lowest BCUT2D eigenvalue weighted by molar-refractivity contribution is -0.890. The molecule has 0 aliphatic heterocycles. The molecule has 2 aromatic carbocycles. The monoisotopic (exact) mass is 378 g/mol. The highest BCUT2D eigenvalue weighted by atomic mass is 35.5. The maximum atomic E-state index is 6.16. The van der Waals surface area contributed by atoms with E-state index in [-0.39, 0.29) is 6.04 Å². The SMILES string of the molecule is COc1ccccc1[C@H](CNC(=S)Nc1cccc(Cl)c1C)[NH+](C)C. The van der Waals surface area contributed by atoms with Crippen molar-refractivity contribution in [2.24, 2.45) is 0 Å². The lowest BCUT2D eigenvalue weighted by Gasteiger charge is -2.24. The van der Waals surface area contributed by atoms with Crippen LogP contribution in [0.5, 0.6) is 5.75 Å². The number of benzene rings is 2. The first kappa shape index (κ1) is 19.5. The second-order valence-electron chi connectivity index (χ2n) is 6.12. The number of hydrogen-bond donors (Lipinski definition) is 3. The van der Waals surface area contributed by atoms with Crippen LogP contribution in [0.25, 0.3) is 0 Å². The number of ether oxygens (including phenoxy) is 1. The third-order valence-corrected chi connectivity index (χ3v) is 4.85. The summed E-state index contributed by atoms with van der Waals surface area (Å²) in [6, 6.07) is 14.0. The van der Waals surface area contributed by atoms with Crippen LogP contribution in [-0.2, 0) is 0 Å². The highest BCUT2D eigenvalue weighted by Gasteiger charge is 2.21. The Labute approximate surface area is 160 Å². The summed E-state index contributed by atoms with van der Waals surface area (Å²) in [7, 11) is 5.94. The fourth-order valence-electron chi connectivity index (χ4n) is 2.68. The minimum absolute atomic E-state index is 0.205. The zero-order chi connectivity index (χ0) is 18.4. The Morgan fingerprint density at radius 3 is 2.60 bits per heavy atom. The highest BCUT2D eigenvalue weighted by Crippen LogP contribution is 2.24. The average molecular weight is 379 g/mol. The molecule has 3 N–H and O–H groups in total. The number of para-hydroxylation sites is 1. The van der Waals surface area contributed by atoms with E-state index >= 15 is 0 Å². The predicted octanol–water partition coefficient (Wildman–Crippen LogP) is 2.83. The van der Waals surface area contributed by atoms with E-state index in [1.165, 1.54) is 4.90 Å². The summed E-state index contributed by atoms with van der Waals surface area (Å²) in [4.78, 5) is 1.29. The van der Waals surface area contributed by atoms with Crippen molar-refractivity contribution >= 4 is 34.6 Å². The molecule has 0 saturated carbocycles. The Kier molecular flexibility index (Phi) is 7.05. The van der Waals surface area contributed by atoms with E-state index in [0.717, 1.165) is 27.6 Å². The first-order valence-electron chi connectivity index (χ1n) is 8.17. The molecular weight excluding hydrogens is 354 g/mol. The van der Waals surface area contributed by atoms with Crippen LogP contribution < -0.4 is 20.3 Å². The summed E-state index contributed by atoms with van der Waals surface area (Å²) in [6.07, 6.45) is 0. The molecule has 2 rings (SSSR count). The number of thiocarbonyl (C=S) groups is 1. The Bertz CT molecular complexity index is 736. The molecule has 2 aromatic rings. The number of rotatable bonds is 6. The van der Waals surface area contributed by atoms with Crippen molar-refractivity contribution in [1.82, 2.24) is 5.32 Å². The lowest BCUT2D eigenvalue weighted by atomic mass is 10.0. The topological polar surface area (TPSA) is 37.7 Å². The van der Waals surface area contributed by atoms with Gasteiger partial charge >= 0.3 is 0 Å². The van der Waals surface area contributed by atoms with Gasteiger partial charge in [-0.05, 0) is 49.0 Å². The van der Waals surface area contributed by atoms with Gasteiger partial charge in [0.1, 0.15) is 11.8 Å². The number of hydrogen-bond acceptors (Lipinski definition) is 2. The van der Waals surface area contributed by atoms with Crippen molar-refractivity contribution < 1.29 is 9.64 Å². The largest absolute Gasteiger partial charge is 0.496 e. The van der Waals surface area contributed by atoms with E-state index in [9.17, 15) is 0 Å². The van der Waals surface area contributed by atoms with Crippen molar-refractivity contribution in [3.05, 3.63) is 58.6 Å². The Morgan fingerprint density at radius 1 is 1.20 bits per heavy atom. The third-order valence-electron chi connectivity index (χ3n) is 4.19. The van der Waals surface area contributed by atoms with E-state index in [4.69, 9.17) is 28.6 Å². The van der Waals surface area contributed by atoms with Gasteiger partial charge in [-0.2, -0.15) is 0 Å². The van der Waals surface area contributed by atoms with Crippen molar-refractivity contribution in [2.45, 2.75) is 13.0 Å². The van der Waals surface area contributed by atoms with Gasteiger partial charge in [0.2, 0.25) is 0 Å². The van der Waals surface area contributed by atoms with Crippen molar-refractivity contribution in [3.63, 3.8) is 0 Å². The first-order valence-corrected chi connectivity index (χ1v) is 8.95. The van der Waals surface area contributed by atoms with Crippen molar-refractivity contribution in [2.75, 3.05) is 33.1 Å². The molecule has 0 saturated heterocycles. The summed E-state index contributed by atoms with van der Waals surface area (Å²) in [5.74, 6) is 0.889. The van der Waals surface area contributed by atoms with Gasteiger partial charge in [-0.15, -0.1) is 0 Å². The molecular formula is C19H25ClN3OS+. The van der Waals surface area contributed by atoms with E-state index in [0.29, 0.717) is 11.7 Å². The van der Waals surface area contributed by atoms with Gasteiger partial charge in [0.25, 0.3) is 0 Å². The number of quaternary nitrogens is 1. The molecule has 134 valence electrons. The molecule has 0 unspecified atom stereocenters. The Morgan fingerprint density at radius 2 is 1.92 bits per heavy atom. The van der Waals surface area contributed by atoms with Gasteiger partial charge in [-0.3, -0.25) is 0 Å². The van der Waals surface area contributed by atoms with Gasteiger partial charge in [-0.25, -0.2) is 0 Å². The zero-order valence-electron chi connectivity index (χ0n) is 15.0. The molecule has 0 heterocycles. The molecule has 0 bridgehead atoms. The first-order chi connectivity index (χ1) is 11.9. The standard InChI is InChI=1S/C19H24ClN3OS/c1-13-15(20)9-7-10-16(13)22-19(25)21-12-17(23(2)3)14-8-5-6-11-18(14)24-4/h5-11,17H,12H2,1-4H3,(H2,21,22,25)/p+1/t17-/m0/s1. The highest BCUT2D eigenvalue weighted by molar-refractivity contribution is 7.80. The van der Waals surface area contributed by atoms with E-state index in [2.05, 4.69) is 30.8 Å². The van der Waals surface area contributed by atoms with Crippen molar-refractivity contribution in [1.29, 1.82) is 0 Å². The zero-order valence-corrected chi connectivity index (χ0v) is 16.6. The molecule has 0 aliphatic carbocycles. The summed E-state index contributed by atoms with van der Waals surface area (Å²) in [5.41, 5.74) is 3.04. The summed E-state index contributed by atoms with van der Waals surface area (Å²) in [5, 5.41) is 7.83. The normalized spacial score (nSPS) is 11.9. The van der Waals surface area contributed by atoms with E-state index in [1.54, 1.807) is 7.11 Å². The molecule has 25 heavy (non-hydrogen) atoms. The van der Waals surface area contributed by atoms with Crippen LogP contribution in [0.2, 0.25) is 5.02 Å². The van der Waals surface area contributed by atoms with Crippen LogP contribution >= 0.6 is 23.8 Å². The molecule has 1 atom stereocenters. The molecule has 0 aliphatic rings. The quantitative estimate of drug-likeness (QED) is 0.676. The maximum absolute atomic E-state index is 6.16. The molecule has 0 amide bonds. The third kappa shape index (κ3) is 5.08. The summed E-state index contributed by atoms with van der Waals surface area (Å²) in [6.45, 7) is 2.66. The minimum atomic E-state index is 0.205. The van der Waals surface area contributed by atoms with Crippen LogP contribution in [0.1, 0.15) is 17.2 Å². The summed E-state index contributed by atoms with van der Waals surface area (Å²) >= 11 is 11.6. The van der Waals surface area contributed by atoms with Gasteiger partial charge < -0.3 is 20.3 Å². The smallest absolute Gasteiger partial charge is 0.171 e. The van der Waals surface area contributed by atoms with Gasteiger partial charge in [0, 0.05) is 10.7 Å². The molecule has 0 fully saturated rings. The molecule has 0 radical (unpaired) electrons. The molecule has 4 nitrogen and oxygen atoms in total. The van der Waals surface area contributed by atoms with Crippen LogP contribution in [0.3, 0.4) is 0 Å². The Hall–Kier alpha value is -1.82. The van der Waals surface area contributed by atoms with Crippen LogP contribution in [0.4, 0.5) is 5.69 Å². The van der Waals surface area contributed by atoms with Crippen LogP contribution in [0, 0.1) is 6.92 Å². The second kappa shape index (κ2) is 9.04. The fraction of sp³-hybridized carbons (Fsp3) is 0.316. The van der Waals surface area contributed by atoms with Crippen molar-refractivity contribution in [3.8, 4) is 5.75 Å². The summed E-state index contributed by atoms with van der Waals surface area (Å²) < 4.78 is 5.50. The predicted molar refractivity (Wildman–Crippen MR) is 109 cm³/mol. The van der Waals surface area contributed by atoms with Crippen LogP contribution in [0.15, 0.2) is 42.5 Å². The number of methoxy groups -OCH3 is 1. The fourth-order valence-corrected chi connectivity index (χ4v) is 3.05. The van der Waals surface area contributed by atoms with Gasteiger partial charge in [0.05, 0.1) is 33.3 Å². The maximum Gasteiger partial charge on any atom is 0.171 e. The number of nitrogens with one attached hydrogen (secondary N) is 3. The van der Waals surface area contributed by atoms with Gasteiger partial charge in [-0.1, -0.05) is 29.8 Å². The lowest BCUT2D eigenvalue weighted by Crippen LogP contribution is -3.07. The molecule has 0 aromatic heterocycles. The van der Waals surface area contributed by atoms with Gasteiger partial charge in [0.15, 0.2) is 5.11 Å². The van der Waals surface area contributed by atoms with E-state index < -0.39 is 0 Å². The molecule has 0 spiro atoms. The molecule has 6 heteroatoms. The second-order valence-corrected chi connectivity index (χ2v) is 6.93. The number of likely N-dealkylation sites (N-methyl/N-ethyl adjacent to an activating group) is 1.